The van der Waals surface area contributed by atoms with Gasteiger partial charge in [0, 0.05) is 21.7 Å². The molecule has 0 aliphatic rings. The smallest absolute Gasteiger partial charge is 0.283 e. The van der Waals surface area contributed by atoms with E-state index in [2.05, 4.69) is 4.99 Å². The van der Waals surface area contributed by atoms with Gasteiger partial charge in [0.1, 0.15) is 5.75 Å². The first kappa shape index (κ1) is 16.5. The van der Waals surface area contributed by atoms with Crippen LogP contribution in [0, 0.1) is 6.92 Å². The summed E-state index contributed by atoms with van der Waals surface area (Å²) >= 11 is 7.44. The van der Waals surface area contributed by atoms with Crippen LogP contribution >= 0.6 is 22.9 Å². The Morgan fingerprint density at radius 2 is 2.25 bits per heavy atom. The Labute approximate surface area is 147 Å². The zero-order valence-electron chi connectivity index (χ0n) is 13.2. The fourth-order valence-corrected chi connectivity index (χ4v) is 3.28. The number of thiazole rings is 1. The molecule has 0 bridgehead atoms. The molecule has 1 amide bonds. The molecule has 0 radical (unpaired) electrons. The van der Waals surface area contributed by atoms with Crippen molar-refractivity contribution in [1.29, 1.82) is 0 Å². The Morgan fingerprint density at radius 1 is 1.42 bits per heavy atom. The Bertz CT molecular complexity index is 926. The number of carbonyl (C=O) groups excluding carboxylic acids is 1. The number of amides is 1. The molecule has 24 heavy (non-hydrogen) atoms. The standard InChI is InChI=1S/C17H15ClN2O3S/c1-11-8-20(9-12-5-6-23-10-12)17(24-11)19-16(21)14-7-13(18)3-4-15(14)22-2/h3-8,10H,9H2,1-2H3. The zero-order chi connectivity index (χ0) is 17.1. The normalized spacial score (nSPS) is 11.7. The lowest BCUT2D eigenvalue weighted by Gasteiger charge is -2.05. The predicted molar refractivity (Wildman–Crippen MR) is 92.8 cm³/mol. The molecular weight excluding hydrogens is 348 g/mol. The van der Waals surface area contributed by atoms with E-state index in [0.29, 0.717) is 27.7 Å². The Morgan fingerprint density at radius 3 is 2.96 bits per heavy atom. The molecule has 0 spiro atoms. The number of ether oxygens (including phenoxy) is 1. The third-order valence-corrected chi connectivity index (χ3v) is 4.53. The molecule has 0 aliphatic heterocycles. The second-order valence-corrected chi connectivity index (χ2v) is 6.80. The van der Waals surface area contributed by atoms with Crippen LogP contribution in [0.1, 0.15) is 20.8 Å². The highest BCUT2D eigenvalue weighted by atomic mass is 35.5. The fourth-order valence-electron chi connectivity index (χ4n) is 2.28. The van der Waals surface area contributed by atoms with Crippen molar-refractivity contribution in [2.24, 2.45) is 4.99 Å². The van der Waals surface area contributed by atoms with Gasteiger partial charge in [-0.2, -0.15) is 4.99 Å². The van der Waals surface area contributed by atoms with Gasteiger partial charge in [0.05, 0.1) is 31.7 Å². The summed E-state index contributed by atoms with van der Waals surface area (Å²) in [4.78, 5) is 18.5. The van der Waals surface area contributed by atoms with E-state index in [1.807, 2.05) is 23.8 Å². The van der Waals surface area contributed by atoms with E-state index in [9.17, 15) is 4.79 Å². The van der Waals surface area contributed by atoms with E-state index in [1.54, 1.807) is 30.7 Å². The lowest BCUT2D eigenvalue weighted by molar-refractivity contribution is 0.0995. The quantitative estimate of drug-likeness (QED) is 0.707. The molecule has 1 aromatic carbocycles. The lowest BCUT2D eigenvalue weighted by Crippen LogP contribution is -2.17. The van der Waals surface area contributed by atoms with Gasteiger partial charge in [-0.25, -0.2) is 0 Å². The number of halogens is 1. The van der Waals surface area contributed by atoms with E-state index in [-0.39, 0.29) is 0 Å². The van der Waals surface area contributed by atoms with Crippen LogP contribution in [0.25, 0.3) is 0 Å². The first-order valence-electron chi connectivity index (χ1n) is 7.17. The van der Waals surface area contributed by atoms with Crippen LogP contribution in [0.3, 0.4) is 0 Å². The van der Waals surface area contributed by atoms with Crippen LogP contribution in [-0.2, 0) is 6.54 Å². The highest BCUT2D eigenvalue weighted by Crippen LogP contribution is 2.23. The summed E-state index contributed by atoms with van der Waals surface area (Å²) in [6.45, 7) is 2.56. The van der Waals surface area contributed by atoms with E-state index < -0.39 is 5.91 Å². The Hall–Kier alpha value is -2.31. The van der Waals surface area contributed by atoms with Gasteiger partial charge in [0.2, 0.25) is 0 Å². The van der Waals surface area contributed by atoms with Crippen molar-refractivity contribution in [2.45, 2.75) is 13.5 Å². The van der Waals surface area contributed by atoms with Gasteiger partial charge in [0.15, 0.2) is 4.80 Å². The highest BCUT2D eigenvalue weighted by molar-refractivity contribution is 7.09. The third kappa shape index (κ3) is 3.60. The van der Waals surface area contributed by atoms with Gasteiger partial charge in [0.25, 0.3) is 5.91 Å². The van der Waals surface area contributed by atoms with Crippen LogP contribution in [0.15, 0.2) is 52.4 Å². The maximum absolute atomic E-state index is 12.6. The topological polar surface area (TPSA) is 56.7 Å². The molecule has 124 valence electrons. The molecule has 0 saturated heterocycles. The van der Waals surface area contributed by atoms with Crippen molar-refractivity contribution in [3.8, 4) is 5.75 Å². The Balaban J connectivity index is 1.99. The molecule has 0 N–H and O–H groups in total. The van der Waals surface area contributed by atoms with Crippen molar-refractivity contribution in [2.75, 3.05) is 7.11 Å². The first-order chi connectivity index (χ1) is 11.6. The van der Waals surface area contributed by atoms with Crippen molar-refractivity contribution in [3.63, 3.8) is 0 Å². The average Bonchev–Trinajstić information content (AvgIpc) is 3.18. The van der Waals surface area contributed by atoms with Crippen LogP contribution < -0.4 is 9.54 Å². The van der Waals surface area contributed by atoms with Crippen molar-refractivity contribution < 1.29 is 13.9 Å². The second kappa shape index (κ2) is 7.07. The molecular formula is C17H15ClN2O3S. The van der Waals surface area contributed by atoms with Crippen LogP contribution in [0.5, 0.6) is 5.75 Å². The fraction of sp³-hybridized carbons (Fsp3) is 0.176. The largest absolute Gasteiger partial charge is 0.496 e. The summed E-state index contributed by atoms with van der Waals surface area (Å²) in [7, 11) is 1.51. The van der Waals surface area contributed by atoms with E-state index >= 15 is 0 Å². The number of furan rings is 1. The van der Waals surface area contributed by atoms with E-state index in [4.69, 9.17) is 20.8 Å². The summed E-state index contributed by atoms with van der Waals surface area (Å²) in [6, 6.07) is 6.77. The molecule has 5 nitrogen and oxygen atoms in total. The molecule has 2 heterocycles. The maximum Gasteiger partial charge on any atom is 0.283 e. The van der Waals surface area contributed by atoms with Crippen LogP contribution in [0.2, 0.25) is 5.02 Å². The van der Waals surface area contributed by atoms with E-state index in [1.165, 1.54) is 18.4 Å². The summed E-state index contributed by atoms with van der Waals surface area (Å²) in [5, 5.41) is 0.461. The number of methoxy groups -OCH3 is 1. The summed E-state index contributed by atoms with van der Waals surface area (Å²) < 4.78 is 12.2. The molecule has 0 saturated carbocycles. The minimum absolute atomic E-state index is 0.339. The van der Waals surface area contributed by atoms with Gasteiger partial charge in [-0.05, 0) is 31.2 Å². The maximum atomic E-state index is 12.6. The number of aromatic nitrogens is 1. The SMILES string of the molecule is COc1ccc(Cl)cc1C(=O)N=c1sc(C)cn1Cc1ccoc1. The lowest BCUT2D eigenvalue weighted by atomic mass is 10.2. The van der Waals surface area contributed by atoms with Gasteiger partial charge >= 0.3 is 0 Å². The first-order valence-corrected chi connectivity index (χ1v) is 8.37. The zero-order valence-corrected chi connectivity index (χ0v) is 14.7. The Kier molecular flexibility index (Phi) is 4.87. The van der Waals surface area contributed by atoms with Crippen molar-refractivity contribution >= 4 is 28.8 Å². The third-order valence-electron chi connectivity index (χ3n) is 3.36. The molecule has 0 fully saturated rings. The number of rotatable bonds is 4. The van der Waals surface area contributed by atoms with Gasteiger partial charge in [-0.1, -0.05) is 11.6 Å². The molecule has 0 aliphatic carbocycles. The molecule has 3 rings (SSSR count). The number of hydrogen-bond donors (Lipinski definition) is 0. The molecule has 3 aromatic rings. The average molecular weight is 363 g/mol. The highest BCUT2D eigenvalue weighted by Gasteiger charge is 2.13. The molecule has 0 atom stereocenters. The number of hydrogen-bond acceptors (Lipinski definition) is 4. The monoisotopic (exact) mass is 362 g/mol. The number of benzene rings is 1. The van der Waals surface area contributed by atoms with Gasteiger partial charge < -0.3 is 13.7 Å². The van der Waals surface area contributed by atoms with Gasteiger partial charge in [-0.3, -0.25) is 4.79 Å². The number of aryl methyl sites for hydroxylation is 1. The van der Waals surface area contributed by atoms with Crippen LogP contribution in [0.4, 0.5) is 0 Å². The van der Waals surface area contributed by atoms with Gasteiger partial charge in [-0.15, -0.1) is 11.3 Å². The molecule has 2 aromatic heterocycles. The summed E-state index contributed by atoms with van der Waals surface area (Å²) in [5.41, 5.74) is 1.34. The summed E-state index contributed by atoms with van der Waals surface area (Å²) in [6.07, 6.45) is 5.25. The minimum atomic E-state index is -0.392. The van der Waals surface area contributed by atoms with Crippen LogP contribution in [-0.4, -0.2) is 17.6 Å². The second-order valence-electron chi connectivity index (χ2n) is 5.15. The van der Waals surface area contributed by atoms with Crippen molar-refractivity contribution in [3.05, 3.63) is 68.8 Å². The van der Waals surface area contributed by atoms with E-state index in [0.717, 1.165) is 10.4 Å². The molecule has 7 heteroatoms. The molecule has 0 unspecified atom stereocenters. The summed E-state index contributed by atoms with van der Waals surface area (Å²) in [5.74, 6) is 0.0555. The van der Waals surface area contributed by atoms with Crippen molar-refractivity contribution in [1.82, 2.24) is 4.57 Å². The minimum Gasteiger partial charge on any atom is -0.496 e. The predicted octanol–water partition coefficient (Wildman–Crippen LogP) is 3.90. The number of nitrogens with zero attached hydrogens (tertiary/aromatic N) is 2. The number of carbonyl (C=O) groups is 1.